The van der Waals surface area contributed by atoms with E-state index in [-0.39, 0.29) is 0 Å². The summed E-state index contributed by atoms with van der Waals surface area (Å²) in [4.78, 5) is 5.46. The fourth-order valence-electron chi connectivity index (χ4n) is 2.02. The van der Waals surface area contributed by atoms with E-state index in [9.17, 15) is 0 Å². The first-order valence-electron chi connectivity index (χ1n) is 6.24. The number of rotatable bonds is 3. The zero-order valence-corrected chi connectivity index (χ0v) is 12.8. The number of nitrogens with zero attached hydrogens (tertiary/aromatic N) is 1. The smallest absolute Gasteiger partial charge is 0.0907 e. The van der Waals surface area contributed by atoms with Gasteiger partial charge >= 0.3 is 0 Å². The van der Waals surface area contributed by atoms with Crippen molar-refractivity contribution in [2.24, 2.45) is 0 Å². The second kappa shape index (κ2) is 5.31. The average Bonchev–Trinajstić information content (AvgIpc) is 2.80. The zero-order chi connectivity index (χ0) is 14.1. The molecule has 0 atom stereocenters. The van der Waals surface area contributed by atoms with E-state index in [4.69, 9.17) is 0 Å². The Labute approximate surface area is 127 Å². The first-order chi connectivity index (χ1) is 9.61. The Morgan fingerprint density at radius 1 is 1.20 bits per heavy atom. The predicted molar refractivity (Wildman–Crippen MR) is 90.7 cm³/mol. The van der Waals surface area contributed by atoms with Gasteiger partial charge in [0.1, 0.15) is 0 Å². The third kappa shape index (κ3) is 2.71. The highest BCUT2D eigenvalue weighted by Crippen LogP contribution is 2.25. The molecule has 4 heteroatoms. The van der Waals surface area contributed by atoms with E-state index >= 15 is 0 Å². The van der Waals surface area contributed by atoms with E-state index in [2.05, 4.69) is 47.7 Å². The number of hydrogen-bond donors (Lipinski definition) is 2. The van der Waals surface area contributed by atoms with Gasteiger partial charge in [-0.1, -0.05) is 12.6 Å². The van der Waals surface area contributed by atoms with Crippen LogP contribution in [-0.4, -0.2) is 4.98 Å². The second-order valence-corrected chi connectivity index (χ2v) is 6.32. The molecule has 3 rings (SSSR count). The lowest BCUT2D eigenvalue weighted by Crippen LogP contribution is -1.96. The van der Waals surface area contributed by atoms with Crippen molar-refractivity contribution in [2.75, 3.05) is 5.32 Å². The summed E-state index contributed by atoms with van der Waals surface area (Å²) in [6, 6.07) is 14.1. The van der Waals surface area contributed by atoms with Gasteiger partial charge in [0.2, 0.25) is 0 Å². The van der Waals surface area contributed by atoms with Gasteiger partial charge in [0.25, 0.3) is 0 Å². The number of hydrogen-bond acceptors (Lipinski definition) is 4. The van der Waals surface area contributed by atoms with E-state index in [0.717, 1.165) is 32.4 Å². The lowest BCUT2D eigenvalue weighted by molar-refractivity contribution is 1.34. The Kier molecular flexibility index (Phi) is 3.51. The molecule has 0 saturated carbocycles. The number of aromatic nitrogens is 1. The molecule has 1 N–H and O–H groups in total. The number of aryl methyl sites for hydroxylation is 1. The van der Waals surface area contributed by atoms with Crippen molar-refractivity contribution in [3.05, 3.63) is 59.6 Å². The van der Waals surface area contributed by atoms with Crippen LogP contribution >= 0.6 is 24.0 Å². The molecule has 1 heterocycles. The summed E-state index contributed by atoms with van der Waals surface area (Å²) in [6.45, 7) is 6.13. The van der Waals surface area contributed by atoms with Gasteiger partial charge in [0.15, 0.2) is 0 Å². The van der Waals surface area contributed by atoms with Crippen molar-refractivity contribution in [1.29, 1.82) is 0 Å². The highest BCUT2D eigenvalue weighted by molar-refractivity contribution is 7.80. The van der Waals surface area contributed by atoms with Crippen molar-refractivity contribution in [2.45, 2.75) is 11.8 Å². The number of nitrogens with one attached hydrogen (secondary N) is 1. The van der Waals surface area contributed by atoms with Crippen LogP contribution in [0.15, 0.2) is 53.9 Å². The minimum absolute atomic E-state index is 0.865. The van der Waals surface area contributed by atoms with Crippen molar-refractivity contribution in [3.63, 3.8) is 0 Å². The summed E-state index contributed by atoms with van der Waals surface area (Å²) in [5, 5.41) is 4.39. The van der Waals surface area contributed by atoms with Crippen molar-refractivity contribution in [3.8, 4) is 0 Å². The third-order valence-electron chi connectivity index (χ3n) is 3.01. The Bertz CT molecular complexity index is 773. The maximum absolute atomic E-state index is 4.51. The van der Waals surface area contributed by atoms with Crippen LogP contribution in [0, 0.1) is 6.92 Å². The van der Waals surface area contributed by atoms with Gasteiger partial charge in [0, 0.05) is 16.3 Å². The fourth-order valence-corrected chi connectivity index (χ4v) is 2.98. The van der Waals surface area contributed by atoms with E-state index in [1.54, 1.807) is 11.3 Å². The normalized spacial score (nSPS) is 10.7. The lowest BCUT2D eigenvalue weighted by Gasteiger charge is -2.10. The Morgan fingerprint density at radius 3 is 2.70 bits per heavy atom. The zero-order valence-electron chi connectivity index (χ0n) is 11.1. The molecule has 20 heavy (non-hydrogen) atoms. The molecule has 2 aromatic carbocycles. The van der Waals surface area contributed by atoms with Crippen LogP contribution in [0.25, 0.3) is 15.9 Å². The molecular formula is C16H14N2S2. The Morgan fingerprint density at radius 2 is 1.95 bits per heavy atom. The molecule has 0 saturated heterocycles. The molecule has 100 valence electrons. The summed E-state index contributed by atoms with van der Waals surface area (Å²) in [5.41, 5.74) is 3.95. The SMILES string of the molecule is C=C(Nc1ccc(S)cc1)c1ccc2sc(C)nc2c1. The highest BCUT2D eigenvalue weighted by atomic mass is 32.1. The molecule has 2 nitrogen and oxygen atoms in total. The van der Waals surface area contributed by atoms with Crippen molar-refractivity contribution < 1.29 is 0 Å². The Hall–Kier alpha value is -1.78. The quantitative estimate of drug-likeness (QED) is 0.667. The maximum Gasteiger partial charge on any atom is 0.0907 e. The van der Waals surface area contributed by atoms with Crippen LogP contribution in [0.2, 0.25) is 0 Å². The summed E-state index contributed by atoms with van der Waals surface area (Å²) < 4.78 is 1.21. The molecule has 0 aliphatic heterocycles. The molecule has 0 aliphatic carbocycles. The number of benzene rings is 2. The summed E-state index contributed by atoms with van der Waals surface area (Å²) in [7, 11) is 0. The molecule has 0 fully saturated rings. The van der Waals surface area contributed by atoms with Gasteiger partial charge in [-0.25, -0.2) is 4.98 Å². The van der Waals surface area contributed by atoms with E-state index in [0.29, 0.717) is 0 Å². The predicted octanol–water partition coefficient (Wildman–Crippen LogP) is 4.98. The third-order valence-corrected chi connectivity index (χ3v) is 4.26. The molecule has 0 spiro atoms. The van der Waals surface area contributed by atoms with E-state index in [1.807, 2.05) is 31.2 Å². The van der Waals surface area contributed by atoms with Crippen LogP contribution in [0.5, 0.6) is 0 Å². The van der Waals surface area contributed by atoms with E-state index < -0.39 is 0 Å². The van der Waals surface area contributed by atoms with Gasteiger partial charge in [-0.05, 0) is 48.9 Å². The summed E-state index contributed by atoms with van der Waals surface area (Å²) >= 11 is 5.99. The topological polar surface area (TPSA) is 24.9 Å². The second-order valence-electron chi connectivity index (χ2n) is 4.57. The highest BCUT2D eigenvalue weighted by Gasteiger charge is 2.04. The first-order valence-corrected chi connectivity index (χ1v) is 7.51. The van der Waals surface area contributed by atoms with Crippen LogP contribution in [0.3, 0.4) is 0 Å². The molecule has 0 bridgehead atoms. The van der Waals surface area contributed by atoms with Gasteiger partial charge in [0.05, 0.1) is 15.2 Å². The largest absolute Gasteiger partial charge is 0.356 e. The minimum Gasteiger partial charge on any atom is -0.356 e. The van der Waals surface area contributed by atoms with Gasteiger partial charge in [-0.15, -0.1) is 24.0 Å². The maximum atomic E-state index is 4.51. The van der Waals surface area contributed by atoms with E-state index in [1.165, 1.54) is 4.70 Å². The summed E-state index contributed by atoms with van der Waals surface area (Å²) in [5.74, 6) is 0. The first kappa shape index (κ1) is 13.2. The number of anilines is 1. The molecule has 0 unspecified atom stereocenters. The lowest BCUT2D eigenvalue weighted by atomic mass is 10.1. The average molecular weight is 298 g/mol. The van der Waals surface area contributed by atoms with Gasteiger partial charge < -0.3 is 5.32 Å². The number of fused-ring (bicyclic) bond motifs is 1. The van der Waals surface area contributed by atoms with Gasteiger partial charge in [-0.3, -0.25) is 0 Å². The standard InChI is InChI=1S/C16H14N2S2/c1-10(17-13-4-6-14(19)7-5-13)12-3-8-16-15(9-12)18-11(2)20-16/h3-9,17,19H,1H2,2H3. The minimum atomic E-state index is 0.865. The molecule has 3 aromatic rings. The van der Waals surface area contributed by atoms with Crippen LogP contribution < -0.4 is 5.32 Å². The van der Waals surface area contributed by atoms with Crippen LogP contribution in [0.4, 0.5) is 5.69 Å². The van der Waals surface area contributed by atoms with Crippen molar-refractivity contribution >= 4 is 45.6 Å². The fraction of sp³-hybridized carbons (Fsp3) is 0.0625. The van der Waals surface area contributed by atoms with Crippen LogP contribution in [0.1, 0.15) is 10.6 Å². The number of thiazole rings is 1. The van der Waals surface area contributed by atoms with Crippen molar-refractivity contribution in [1.82, 2.24) is 4.98 Å². The molecule has 0 radical (unpaired) electrons. The Balaban J connectivity index is 1.86. The molecule has 1 aromatic heterocycles. The molecular weight excluding hydrogens is 284 g/mol. The summed E-state index contributed by atoms with van der Waals surface area (Å²) in [6.07, 6.45) is 0. The number of thiol groups is 1. The molecule has 0 amide bonds. The van der Waals surface area contributed by atoms with Crippen LogP contribution in [-0.2, 0) is 0 Å². The monoisotopic (exact) mass is 298 g/mol. The van der Waals surface area contributed by atoms with Gasteiger partial charge in [-0.2, -0.15) is 0 Å². The molecule has 0 aliphatic rings.